The van der Waals surface area contributed by atoms with Crippen LogP contribution in [0.3, 0.4) is 0 Å². The fourth-order valence-electron chi connectivity index (χ4n) is 6.71. The van der Waals surface area contributed by atoms with Crippen LogP contribution in [-0.4, -0.2) is 23.5 Å². The smallest absolute Gasteiger partial charge is 0.0153 e. The molecule has 4 aliphatic carbocycles. The molecule has 1 saturated heterocycles. The van der Waals surface area contributed by atoms with Crippen LogP contribution in [0.2, 0.25) is 0 Å². The lowest BCUT2D eigenvalue weighted by Gasteiger charge is -2.27. The Morgan fingerprint density at radius 2 is 1.48 bits per heavy atom. The summed E-state index contributed by atoms with van der Waals surface area (Å²) in [6.45, 7) is 17.9. The molecule has 23 heavy (non-hydrogen) atoms. The van der Waals surface area contributed by atoms with Crippen molar-refractivity contribution in [2.24, 2.45) is 45.8 Å². The molecule has 0 aromatic carbocycles. The van der Waals surface area contributed by atoms with Gasteiger partial charge in [-0.25, -0.2) is 10.0 Å². The van der Waals surface area contributed by atoms with Crippen LogP contribution >= 0.6 is 10.0 Å². The van der Waals surface area contributed by atoms with Gasteiger partial charge in [-0.2, -0.15) is 0 Å². The third-order valence-electron chi connectivity index (χ3n) is 7.81. The molecule has 136 valence electrons. The standard InChI is InChI=1S/C15H24S.C5H12.C2H6/c1-9-12-13-10(2)15(13)8-14(9,12)6-11(15)7-16(3)4-5-16;1-5(2,3)4;1-2/h9-13H,4-8H2,1-3H3;1-4H3;1-2H3. The minimum Gasteiger partial charge on any atom is -0.242 e. The summed E-state index contributed by atoms with van der Waals surface area (Å²) in [5, 5.41) is 0. The largest absolute Gasteiger partial charge is 0.242 e. The van der Waals surface area contributed by atoms with Crippen molar-refractivity contribution in [3.8, 4) is 0 Å². The van der Waals surface area contributed by atoms with E-state index in [2.05, 4.69) is 47.8 Å². The van der Waals surface area contributed by atoms with Crippen LogP contribution in [0, 0.1) is 45.8 Å². The Kier molecular flexibility index (Phi) is 4.09. The zero-order valence-electron chi connectivity index (χ0n) is 17.3. The lowest BCUT2D eigenvalue weighted by Crippen LogP contribution is -2.18. The molecule has 0 nitrogen and oxygen atoms in total. The molecule has 7 unspecified atom stereocenters. The quantitative estimate of drug-likeness (QED) is 0.508. The topological polar surface area (TPSA) is 0 Å². The molecule has 0 amide bonds. The minimum atomic E-state index is -0.0406. The third-order valence-corrected chi connectivity index (χ3v) is 10.8. The first-order valence-electron chi connectivity index (χ1n) is 10.2. The van der Waals surface area contributed by atoms with Gasteiger partial charge in [0.25, 0.3) is 0 Å². The fraction of sp³-hybridized carbons (Fsp3) is 1.00. The van der Waals surface area contributed by atoms with E-state index < -0.39 is 0 Å². The van der Waals surface area contributed by atoms with Crippen LogP contribution in [-0.2, 0) is 0 Å². The van der Waals surface area contributed by atoms with E-state index in [0.29, 0.717) is 5.41 Å². The predicted molar refractivity (Wildman–Crippen MR) is 107 cm³/mol. The molecule has 5 rings (SSSR count). The summed E-state index contributed by atoms with van der Waals surface area (Å²) < 4.78 is 0. The van der Waals surface area contributed by atoms with Crippen molar-refractivity contribution in [3.05, 3.63) is 0 Å². The van der Waals surface area contributed by atoms with Crippen molar-refractivity contribution in [2.75, 3.05) is 23.5 Å². The van der Waals surface area contributed by atoms with Crippen molar-refractivity contribution in [1.29, 1.82) is 0 Å². The van der Waals surface area contributed by atoms with Gasteiger partial charge in [-0.1, -0.05) is 55.4 Å². The number of fused-ring (bicyclic) bond motifs is 1. The van der Waals surface area contributed by atoms with E-state index in [0.717, 1.165) is 22.7 Å². The van der Waals surface area contributed by atoms with E-state index >= 15 is 0 Å². The average Bonchev–Trinajstić information content (AvgIpc) is 3.32. The highest BCUT2D eigenvalue weighted by Gasteiger charge is 2.90. The molecule has 0 aromatic rings. The SMILES string of the molecule is CC.CC(C)(C)C.CC1C2C3C(C)C34CC12CC4CS1(C)CC1. The van der Waals surface area contributed by atoms with Gasteiger partial charge in [0.2, 0.25) is 0 Å². The van der Waals surface area contributed by atoms with Crippen LogP contribution in [0.4, 0.5) is 0 Å². The Morgan fingerprint density at radius 3 is 1.91 bits per heavy atom. The summed E-state index contributed by atoms with van der Waals surface area (Å²) >= 11 is 0. The van der Waals surface area contributed by atoms with Crippen LogP contribution in [0.15, 0.2) is 0 Å². The van der Waals surface area contributed by atoms with Crippen molar-refractivity contribution >= 4 is 10.0 Å². The second-order valence-corrected chi connectivity index (χ2v) is 15.2. The highest BCUT2D eigenvalue weighted by molar-refractivity contribution is 8.38. The molecule has 4 saturated carbocycles. The summed E-state index contributed by atoms with van der Waals surface area (Å²) in [5.74, 6) is 10.7. The van der Waals surface area contributed by atoms with Crippen molar-refractivity contribution < 1.29 is 0 Å². The second kappa shape index (κ2) is 5.18. The molecular formula is C22H42S. The molecule has 0 radical (unpaired) electrons. The average molecular weight is 339 g/mol. The molecular weight excluding hydrogens is 296 g/mol. The molecule has 5 aliphatic rings. The van der Waals surface area contributed by atoms with Crippen LogP contribution in [0.25, 0.3) is 0 Å². The normalized spacial score (nSPS) is 53.7. The zero-order valence-corrected chi connectivity index (χ0v) is 18.1. The Balaban J connectivity index is 0.000000195. The van der Waals surface area contributed by atoms with Gasteiger partial charge in [-0.15, -0.1) is 0 Å². The summed E-state index contributed by atoms with van der Waals surface area (Å²) in [4.78, 5) is 0. The summed E-state index contributed by atoms with van der Waals surface area (Å²) in [7, 11) is -0.0406. The molecule has 1 heterocycles. The molecule has 2 bridgehead atoms. The van der Waals surface area contributed by atoms with Gasteiger partial charge in [-0.3, -0.25) is 0 Å². The summed E-state index contributed by atoms with van der Waals surface area (Å²) in [6, 6.07) is 0. The molecule has 0 N–H and O–H groups in total. The summed E-state index contributed by atoms with van der Waals surface area (Å²) in [5.41, 5.74) is 2.32. The Morgan fingerprint density at radius 1 is 0.957 bits per heavy atom. The second-order valence-electron chi connectivity index (χ2n) is 11.1. The lowest BCUT2D eigenvalue weighted by atomic mass is 9.89. The van der Waals surface area contributed by atoms with E-state index in [1.165, 1.54) is 17.8 Å². The number of hydrogen-bond donors (Lipinski definition) is 0. The minimum absolute atomic E-state index is 0.0406. The molecule has 1 heteroatoms. The van der Waals surface area contributed by atoms with Gasteiger partial charge in [0, 0.05) is 0 Å². The predicted octanol–water partition coefficient (Wildman–Crippen LogP) is 6.44. The van der Waals surface area contributed by atoms with E-state index in [1.807, 2.05) is 13.8 Å². The van der Waals surface area contributed by atoms with Crippen LogP contribution in [0.1, 0.15) is 68.2 Å². The van der Waals surface area contributed by atoms with Gasteiger partial charge in [0.05, 0.1) is 0 Å². The van der Waals surface area contributed by atoms with Crippen LogP contribution in [0.5, 0.6) is 0 Å². The maximum atomic E-state index is 2.63. The maximum Gasteiger partial charge on any atom is -0.0153 e. The van der Waals surface area contributed by atoms with Crippen LogP contribution < -0.4 is 0 Å². The first kappa shape index (κ1) is 18.2. The van der Waals surface area contributed by atoms with Crippen molar-refractivity contribution in [1.82, 2.24) is 0 Å². The molecule has 1 aliphatic heterocycles. The highest BCUT2D eigenvalue weighted by atomic mass is 32.3. The lowest BCUT2D eigenvalue weighted by molar-refractivity contribution is 0.333. The Bertz CT molecular complexity index is 465. The molecule has 2 spiro atoms. The van der Waals surface area contributed by atoms with E-state index in [-0.39, 0.29) is 10.0 Å². The van der Waals surface area contributed by atoms with E-state index in [9.17, 15) is 0 Å². The van der Waals surface area contributed by atoms with Gasteiger partial charge in [0.15, 0.2) is 0 Å². The first-order chi connectivity index (χ1) is 10.5. The van der Waals surface area contributed by atoms with Crippen molar-refractivity contribution in [2.45, 2.75) is 68.2 Å². The molecule has 5 fully saturated rings. The van der Waals surface area contributed by atoms with E-state index in [1.54, 1.807) is 30.1 Å². The van der Waals surface area contributed by atoms with Gasteiger partial charge in [0.1, 0.15) is 0 Å². The summed E-state index contributed by atoms with van der Waals surface area (Å²) in [6.07, 6.45) is 5.95. The molecule has 0 aromatic heterocycles. The maximum absolute atomic E-state index is 2.63. The van der Waals surface area contributed by atoms with Crippen molar-refractivity contribution in [3.63, 3.8) is 0 Å². The zero-order chi connectivity index (χ0) is 17.4. The molecule has 7 atom stereocenters. The number of rotatable bonds is 2. The monoisotopic (exact) mass is 338 g/mol. The highest BCUT2D eigenvalue weighted by Crippen LogP contribution is 2.95. The van der Waals surface area contributed by atoms with Gasteiger partial charge < -0.3 is 0 Å². The Labute approximate surface area is 147 Å². The Hall–Kier alpha value is 0.350. The first-order valence-corrected chi connectivity index (χ1v) is 12.8. The van der Waals surface area contributed by atoms with Gasteiger partial charge >= 0.3 is 0 Å². The van der Waals surface area contributed by atoms with E-state index in [4.69, 9.17) is 0 Å². The van der Waals surface area contributed by atoms with Gasteiger partial charge in [-0.05, 0) is 82.2 Å². The fourth-order valence-corrected chi connectivity index (χ4v) is 9.58. The third kappa shape index (κ3) is 2.63. The number of hydrogen-bond acceptors (Lipinski definition) is 0.